The molecule has 2 aromatic carbocycles. The molecule has 3 nitrogen and oxygen atoms in total. The van der Waals surface area contributed by atoms with Crippen molar-refractivity contribution >= 4 is 16.7 Å². The molecule has 0 fully saturated rings. The molecule has 0 radical (unpaired) electrons. The number of nitrogens with zero attached hydrogens (tertiary/aromatic N) is 2. The average Bonchev–Trinajstić information content (AvgIpc) is 2.97. The third-order valence-corrected chi connectivity index (χ3v) is 4.14. The number of fused-ring (bicyclic) bond motifs is 2. The summed E-state index contributed by atoms with van der Waals surface area (Å²) in [6.45, 7) is 2.34. The Kier molecular flexibility index (Phi) is 2.86. The number of hydrogen-bond acceptors (Lipinski definition) is 3. The van der Waals surface area contributed by atoms with E-state index in [1.807, 2.05) is 12.1 Å². The van der Waals surface area contributed by atoms with Crippen LogP contribution < -0.4 is 10.6 Å². The van der Waals surface area contributed by atoms with Gasteiger partial charge >= 0.3 is 0 Å². The Morgan fingerprint density at radius 1 is 0.952 bits per heavy atom. The minimum Gasteiger partial charge on any atom is -0.348 e. The fourth-order valence-corrected chi connectivity index (χ4v) is 3.06. The Morgan fingerprint density at radius 3 is 2.33 bits per heavy atom. The van der Waals surface area contributed by atoms with Crippen LogP contribution in [-0.4, -0.2) is 4.98 Å². The molecule has 3 aromatic rings. The summed E-state index contributed by atoms with van der Waals surface area (Å²) in [5.74, 6) is 1.02. The summed E-state index contributed by atoms with van der Waals surface area (Å²) < 4.78 is 0. The standard InChI is InChI=1S/C18H17N3/c19-10-16-9-13-5-3-4-8-17(13)20-18(16)21-11-14-6-1-2-7-15(14)12-21/h1-9H,10-12,19H2. The lowest BCUT2D eigenvalue weighted by Gasteiger charge is -2.20. The summed E-state index contributed by atoms with van der Waals surface area (Å²) in [4.78, 5) is 7.18. The van der Waals surface area contributed by atoms with Crippen LogP contribution in [0.5, 0.6) is 0 Å². The largest absolute Gasteiger partial charge is 0.348 e. The van der Waals surface area contributed by atoms with Gasteiger partial charge in [0.25, 0.3) is 0 Å². The van der Waals surface area contributed by atoms with Crippen molar-refractivity contribution in [1.29, 1.82) is 0 Å². The van der Waals surface area contributed by atoms with Crippen molar-refractivity contribution in [3.8, 4) is 0 Å². The number of benzene rings is 2. The number of aromatic nitrogens is 1. The van der Waals surface area contributed by atoms with Crippen molar-refractivity contribution in [2.75, 3.05) is 4.90 Å². The van der Waals surface area contributed by atoms with E-state index in [2.05, 4.69) is 47.4 Å². The van der Waals surface area contributed by atoms with Gasteiger partial charge in [0.15, 0.2) is 0 Å². The second kappa shape index (κ2) is 4.86. The van der Waals surface area contributed by atoms with Crippen molar-refractivity contribution in [3.05, 3.63) is 71.3 Å². The molecule has 0 spiro atoms. The van der Waals surface area contributed by atoms with Crippen molar-refractivity contribution in [2.45, 2.75) is 19.6 Å². The molecule has 104 valence electrons. The van der Waals surface area contributed by atoms with Gasteiger partial charge in [0.05, 0.1) is 5.52 Å². The highest BCUT2D eigenvalue weighted by Crippen LogP contribution is 2.30. The average molecular weight is 275 g/mol. The molecule has 0 atom stereocenters. The highest BCUT2D eigenvalue weighted by Gasteiger charge is 2.21. The molecule has 2 heterocycles. The van der Waals surface area contributed by atoms with Crippen LogP contribution in [0.2, 0.25) is 0 Å². The molecule has 1 aliphatic rings. The monoisotopic (exact) mass is 275 g/mol. The molecule has 4 rings (SSSR count). The van der Waals surface area contributed by atoms with Gasteiger partial charge in [-0.25, -0.2) is 4.98 Å². The number of hydrogen-bond donors (Lipinski definition) is 1. The topological polar surface area (TPSA) is 42.1 Å². The SMILES string of the molecule is NCc1cc2ccccc2nc1N1Cc2ccccc2C1. The van der Waals surface area contributed by atoms with E-state index in [4.69, 9.17) is 10.7 Å². The fraction of sp³-hybridized carbons (Fsp3) is 0.167. The van der Waals surface area contributed by atoms with Gasteiger partial charge in [-0.05, 0) is 23.3 Å². The zero-order valence-electron chi connectivity index (χ0n) is 11.8. The first-order chi connectivity index (χ1) is 10.3. The molecule has 1 aromatic heterocycles. The van der Waals surface area contributed by atoms with Crippen LogP contribution in [0.25, 0.3) is 10.9 Å². The smallest absolute Gasteiger partial charge is 0.134 e. The van der Waals surface area contributed by atoms with Gasteiger partial charge in [-0.2, -0.15) is 0 Å². The van der Waals surface area contributed by atoms with Gasteiger partial charge in [-0.15, -0.1) is 0 Å². The summed E-state index contributed by atoms with van der Waals surface area (Å²) in [5, 5.41) is 1.15. The number of nitrogens with two attached hydrogens (primary N) is 1. The van der Waals surface area contributed by atoms with Gasteiger partial charge in [-0.1, -0.05) is 42.5 Å². The lowest BCUT2D eigenvalue weighted by atomic mass is 10.1. The van der Waals surface area contributed by atoms with Crippen LogP contribution in [0.15, 0.2) is 54.6 Å². The normalized spacial score (nSPS) is 13.7. The van der Waals surface area contributed by atoms with Gasteiger partial charge < -0.3 is 10.6 Å². The molecule has 0 amide bonds. The number of anilines is 1. The van der Waals surface area contributed by atoms with Crippen molar-refractivity contribution < 1.29 is 0 Å². The van der Waals surface area contributed by atoms with Crippen LogP contribution in [0.4, 0.5) is 5.82 Å². The fourth-order valence-electron chi connectivity index (χ4n) is 3.06. The molecule has 0 saturated heterocycles. The summed E-state index contributed by atoms with van der Waals surface area (Å²) >= 11 is 0. The molecular formula is C18H17N3. The molecule has 0 saturated carbocycles. The van der Waals surface area contributed by atoms with E-state index in [0.717, 1.165) is 35.4 Å². The molecule has 21 heavy (non-hydrogen) atoms. The summed E-state index contributed by atoms with van der Waals surface area (Å²) in [6.07, 6.45) is 0. The van der Waals surface area contributed by atoms with Crippen LogP contribution in [0.1, 0.15) is 16.7 Å². The molecule has 2 N–H and O–H groups in total. The second-order valence-corrected chi connectivity index (χ2v) is 5.49. The first kappa shape index (κ1) is 12.4. The Balaban J connectivity index is 1.80. The maximum atomic E-state index is 5.95. The van der Waals surface area contributed by atoms with E-state index in [0.29, 0.717) is 6.54 Å². The zero-order valence-corrected chi connectivity index (χ0v) is 11.8. The number of rotatable bonds is 2. The molecule has 0 aliphatic carbocycles. The van der Waals surface area contributed by atoms with E-state index in [-0.39, 0.29) is 0 Å². The quantitative estimate of drug-likeness (QED) is 0.781. The minimum atomic E-state index is 0.514. The summed E-state index contributed by atoms with van der Waals surface area (Å²) in [5.41, 5.74) is 10.9. The van der Waals surface area contributed by atoms with Crippen molar-refractivity contribution in [3.63, 3.8) is 0 Å². The molecule has 3 heteroatoms. The van der Waals surface area contributed by atoms with E-state index in [1.165, 1.54) is 11.1 Å². The Bertz CT molecular complexity index is 785. The molecule has 0 unspecified atom stereocenters. The summed E-state index contributed by atoms with van der Waals surface area (Å²) in [6, 6.07) is 19.0. The predicted molar refractivity (Wildman–Crippen MR) is 86.0 cm³/mol. The Labute approximate surface area is 124 Å². The Hall–Kier alpha value is -2.39. The maximum absolute atomic E-state index is 5.95. The highest BCUT2D eigenvalue weighted by atomic mass is 15.2. The van der Waals surface area contributed by atoms with Crippen LogP contribution in [-0.2, 0) is 19.6 Å². The lowest BCUT2D eigenvalue weighted by molar-refractivity contribution is 0.844. The predicted octanol–water partition coefficient (Wildman–Crippen LogP) is 3.21. The minimum absolute atomic E-state index is 0.514. The zero-order chi connectivity index (χ0) is 14.2. The van der Waals surface area contributed by atoms with Crippen LogP contribution in [0, 0.1) is 0 Å². The molecule has 1 aliphatic heterocycles. The summed E-state index contributed by atoms with van der Waals surface area (Å²) in [7, 11) is 0. The maximum Gasteiger partial charge on any atom is 0.134 e. The van der Waals surface area contributed by atoms with E-state index < -0.39 is 0 Å². The third-order valence-electron chi connectivity index (χ3n) is 4.14. The van der Waals surface area contributed by atoms with E-state index in [9.17, 15) is 0 Å². The molecular weight excluding hydrogens is 258 g/mol. The Morgan fingerprint density at radius 2 is 1.62 bits per heavy atom. The van der Waals surface area contributed by atoms with Crippen LogP contribution >= 0.6 is 0 Å². The first-order valence-corrected chi connectivity index (χ1v) is 7.25. The van der Waals surface area contributed by atoms with E-state index in [1.54, 1.807) is 0 Å². The van der Waals surface area contributed by atoms with Crippen molar-refractivity contribution in [2.24, 2.45) is 5.73 Å². The first-order valence-electron chi connectivity index (χ1n) is 7.25. The van der Waals surface area contributed by atoms with E-state index >= 15 is 0 Å². The number of para-hydroxylation sites is 1. The molecule has 0 bridgehead atoms. The lowest BCUT2D eigenvalue weighted by Crippen LogP contribution is -2.19. The van der Waals surface area contributed by atoms with Gasteiger partial charge in [0.2, 0.25) is 0 Å². The van der Waals surface area contributed by atoms with Gasteiger partial charge in [-0.3, -0.25) is 0 Å². The highest BCUT2D eigenvalue weighted by molar-refractivity contribution is 5.82. The second-order valence-electron chi connectivity index (χ2n) is 5.49. The van der Waals surface area contributed by atoms with Crippen LogP contribution in [0.3, 0.4) is 0 Å². The number of pyridine rings is 1. The van der Waals surface area contributed by atoms with Crippen molar-refractivity contribution in [1.82, 2.24) is 4.98 Å². The third kappa shape index (κ3) is 2.06. The van der Waals surface area contributed by atoms with Gasteiger partial charge in [0, 0.05) is 30.6 Å². The van der Waals surface area contributed by atoms with Gasteiger partial charge in [0.1, 0.15) is 5.82 Å².